The van der Waals surface area contributed by atoms with E-state index in [0.717, 1.165) is 6.42 Å². The molecule has 1 fully saturated rings. The highest BCUT2D eigenvalue weighted by molar-refractivity contribution is 5.91. The van der Waals surface area contributed by atoms with Gasteiger partial charge >= 0.3 is 5.97 Å². The Bertz CT molecular complexity index is 524. The number of likely N-dealkylation sites (N-methyl/N-ethyl adjacent to an activating group) is 1. The molecule has 0 aromatic heterocycles. The summed E-state index contributed by atoms with van der Waals surface area (Å²) in [7, 11) is 0. The second-order valence-electron chi connectivity index (χ2n) is 6.27. The van der Waals surface area contributed by atoms with E-state index in [2.05, 4.69) is 0 Å². The van der Waals surface area contributed by atoms with Crippen LogP contribution in [0, 0.1) is 17.3 Å². The van der Waals surface area contributed by atoms with Gasteiger partial charge in [0.2, 0.25) is 5.91 Å². The quantitative estimate of drug-likeness (QED) is 0.875. The van der Waals surface area contributed by atoms with Crippen molar-refractivity contribution in [1.82, 2.24) is 4.90 Å². The molecule has 4 heteroatoms. The van der Waals surface area contributed by atoms with E-state index in [1.807, 2.05) is 51.1 Å². The van der Waals surface area contributed by atoms with Crippen LogP contribution < -0.4 is 0 Å². The molecular formula is C17H23NO3. The Labute approximate surface area is 125 Å². The van der Waals surface area contributed by atoms with Gasteiger partial charge in [-0.3, -0.25) is 9.59 Å². The highest BCUT2D eigenvalue weighted by Crippen LogP contribution is 2.59. The van der Waals surface area contributed by atoms with Crippen LogP contribution in [-0.2, 0) is 16.0 Å². The lowest BCUT2D eigenvalue weighted by molar-refractivity contribution is -0.142. The van der Waals surface area contributed by atoms with Gasteiger partial charge in [-0.05, 0) is 24.3 Å². The Kier molecular flexibility index (Phi) is 4.35. The number of hydrogen-bond acceptors (Lipinski definition) is 2. The van der Waals surface area contributed by atoms with Gasteiger partial charge in [0.15, 0.2) is 0 Å². The summed E-state index contributed by atoms with van der Waals surface area (Å²) in [4.78, 5) is 25.5. The molecule has 0 bridgehead atoms. The van der Waals surface area contributed by atoms with Gasteiger partial charge < -0.3 is 10.0 Å². The second kappa shape index (κ2) is 5.88. The molecule has 1 amide bonds. The number of benzene rings is 1. The number of rotatable bonds is 6. The molecule has 2 atom stereocenters. The summed E-state index contributed by atoms with van der Waals surface area (Å²) < 4.78 is 0. The third kappa shape index (κ3) is 3.09. The highest BCUT2D eigenvalue weighted by Gasteiger charge is 2.66. The van der Waals surface area contributed by atoms with Gasteiger partial charge in [0.05, 0.1) is 11.8 Å². The minimum Gasteiger partial charge on any atom is -0.481 e. The zero-order chi connectivity index (χ0) is 15.6. The Morgan fingerprint density at radius 2 is 1.81 bits per heavy atom. The van der Waals surface area contributed by atoms with Crippen molar-refractivity contribution in [3.05, 3.63) is 35.9 Å². The third-order valence-corrected chi connectivity index (χ3v) is 4.57. The molecule has 0 spiro atoms. The lowest BCUT2D eigenvalue weighted by Gasteiger charge is -2.21. The number of nitrogens with zero attached hydrogens (tertiary/aromatic N) is 1. The van der Waals surface area contributed by atoms with Crippen molar-refractivity contribution in [3.8, 4) is 0 Å². The van der Waals surface area contributed by atoms with E-state index in [9.17, 15) is 14.7 Å². The molecule has 1 saturated carbocycles. The molecule has 2 rings (SSSR count). The molecule has 1 aliphatic rings. The smallest absolute Gasteiger partial charge is 0.307 e. The van der Waals surface area contributed by atoms with Crippen molar-refractivity contribution >= 4 is 11.9 Å². The molecule has 4 nitrogen and oxygen atoms in total. The van der Waals surface area contributed by atoms with Crippen molar-refractivity contribution in [1.29, 1.82) is 0 Å². The summed E-state index contributed by atoms with van der Waals surface area (Å²) in [5, 5.41) is 9.20. The van der Waals surface area contributed by atoms with E-state index >= 15 is 0 Å². The van der Waals surface area contributed by atoms with Crippen molar-refractivity contribution in [2.24, 2.45) is 17.3 Å². The number of hydrogen-bond donors (Lipinski definition) is 1. The van der Waals surface area contributed by atoms with Crippen molar-refractivity contribution in [3.63, 3.8) is 0 Å². The van der Waals surface area contributed by atoms with Gasteiger partial charge in [-0.1, -0.05) is 44.2 Å². The van der Waals surface area contributed by atoms with E-state index in [4.69, 9.17) is 0 Å². The molecule has 114 valence electrons. The second-order valence-corrected chi connectivity index (χ2v) is 6.27. The van der Waals surface area contributed by atoms with E-state index in [-0.39, 0.29) is 11.8 Å². The summed E-state index contributed by atoms with van der Waals surface area (Å²) in [6.45, 7) is 6.91. The average Bonchev–Trinajstić information content (AvgIpc) is 3.03. The van der Waals surface area contributed by atoms with Crippen molar-refractivity contribution in [2.45, 2.75) is 27.2 Å². The van der Waals surface area contributed by atoms with E-state index in [1.165, 1.54) is 5.56 Å². The molecule has 1 N–H and O–H groups in total. The molecule has 1 aromatic carbocycles. The molecule has 0 saturated heterocycles. The molecule has 0 aliphatic heterocycles. The first-order valence-corrected chi connectivity index (χ1v) is 7.45. The Morgan fingerprint density at radius 3 is 2.29 bits per heavy atom. The average molecular weight is 289 g/mol. The van der Waals surface area contributed by atoms with Gasteiger partial charge in [0.25, 0.3) is 0 Å². The van der Waals surface area contributed by atoms with Crippen LogP contribution in [0.5, 0.6) is 0 Å². The van der Waals surface area contributed by atoms with Crippen molar-refractivity contribution < 1.29 is 14.7 Å². The topological polar surface area (TPSA) is 57.6 Å². The maximum absolute atomic E-state index is 12.6. The zero-order valence-corrected chi connectivity index (χ0v) is 12.9. The highest BCUT2D eigenvalue weighted by atomic mass is 16.4. The van der Waals surface area contributed by atoms with Gasteiger partial charge in [-0.15, -0.1) is 0 Å². The molecule has 0 radical (unpaired) electrons. The maximum atomic E-state index is 12.6. The summed E-state index contributed by atoms with van der Waals surface area (Å²) in [6.07, 6.45) is 0.797. The molecule has 1 aliphatic carbocycles. The Balaban J connectivity index is 1.98. The van der Waals surface area contributed by atoms with Crippen LogP contribution >= 0.6 is 0 Å². The van der Waals surface area contributed by atoms with E-state index < -0.39 is 17.3 Å². The first-order valence-electron chi connectivity index (χ1n) is 7.45. The zero-order valence-electron chi connectivity index (χ0n) is 12.9. The van der Waals surface area contributed by atoms with Crippen LogP contribution in [0.15, 0.2) is 30.3 Å². The fraction of sp³-hybridized carbons (Fsp3) is 0.529. The molecule has 21 heavy (non-hydrogen) atoms. The Morgan fingerprint density at radius 1 is 1.19 bits per heavy atom. The van der Waals surface area contributed by atoms with Gasteiger partial charge in [-0.2, -0.15) is 0 Å². The first-order chi connectivity index (χ1) is 9.89. The van der Waals surface area contributed by atoms with Gasteiger partial charge in [-0.25, -0.2) is 0 Å². The maximum Gasteiger partial charge on any atom is 0.307 e. The third-order valence-electron chi connectivity index (χ3n) is 4.57. The number of carbonyl (C=O) groups is 2. The van der Waals surface area contributed by atoms with Crippen LogP contribution in [0.1, 0.15) is 26.3 Å². The van der Waals surface area contributed by atoms with Gasteiger partial charge in [0.1, 0.15) is 0 Å². The standard InChI is InChI=1S/C17H23NO3/c1-4-18(11-10-12-8-6-5-7-9-12)15(19)13-14(16(20)21)17(13,2)3/h5-9,13-14H,4,10-11H2,1-3H3,(H,20,21)/t13-,14+/m1/s1. The molecule has 0 unspecified atom stereocenters. The number of aliphatic carboxylic acids is 1. The summed E-state index contributed by atoms with van der Waals surface area (Å²) in [6, 6.07) is 10.0. The van der Waals surface area contributed by atoms with Crippen LogP contribution in [0.3, 0.4) is 0 Å². The minimum atomic E-state index is -0.863. The largest absolute Gasteiger partial charge is 0.481 e. The molecular weight excluding hydrogens is 266 g/mol. The SMILES string of the molecule is CCN(CCc1ccccc1)C(=O)[C@H]1[C@@H](C(=O)O)C1(C)C. The predicted octanol–water partition coefficient (Wildman–Crippen LogP) is 2.43. The molecule has 1 aromatic rings. The monoisotopic (exact) mass is 289 g/mol. The Hall–Kier alpha value is -1.84. The van der Waals surface area contributed by atoms with Crippen LogP contribution in [0.4, 0.5) is 0 Å². The first kappa shape index (κ1) is 15.5. The fourth-order valence-corrected chi connectivity index (χ4v) is 3.09. The van der Waals surface area contributed by atoms with Crippen LogP contribution in [-0.4, -0.2) is 35.0 Å². The number of carboxylic acids is 1. The fourth-order valence-electron chi connectivity index (χ4n) is 3.09. The van der Waals surface area contributed by atoms with E-state index in [1.54, 1.807) is 4.90 Å². The number of carboxylic acid groups (broad SMARTS) is 1. The lowest BCUT2D eigenvalue weighted by atomic mass is 10.1. The van der Waals surface area contributed by atoms with Gasteiger partial charge in [0, 0.05) is 13.1 Å². The normalized spacial score (nSPS) is 22.6. The summed E-state index contributed by atoms with van der Waals surface area (Å²) in [5.41, 5.74) is 0.761. The number of amides is 1. The minimum absolute atomic E-state index is 0.0224. The van der Waals surface area contributed by atoms with Crippen LogP contribution in [0.25, 0.3) is 0 Å². The predicted molar refractivity (Wildman–Crippen MR) is 80.8 cm³/mol. The summed E-state index contributed by atoms with van der Waals surface area (Å²) >= 11 is 0. The molecule has 0 heterocycles. The lowest BCUT2D eigenvalue weighted by Crippen LogP contribution is -2.35. The number of carbonyl (C=O) groups excluding carboxylic acids is 1. The summed E-state index contributed by atoms with van der Waals surface area (Å²) in [5.74, 6) is -1.82. The van der Waals surface area contributed by atoms with Crippen LogP contribution in [0.2, 0.25) is 0 Å². The van der Waals surface area contributed by atoms with E-state index in [0.29, 0.717) is 13.1 Å². The van der Waals surface area contributed by atoms with Crippen molar-refractivity contribution in [2.75, 3.05) is 13.1 Å².